The molecular formula is C8H9NO4S. The van der Waals surface area contributed by atoms with Gasteiger partial charge in [-0.2, -0.15) is 0 Å². The van der Waals surface area contributed by atoms with Gasteiger partial charge >= 0.3 is 6.16 Å². The molecule has 0 aliphatic carbocycles. The van der Waals surface area contributed by atoms with Gasteiger partial charge < -0.3 is 9.84 Å². The summed E-state index contributed by atoms with van der Waals surface area (Å²) < 4.78 is 4.51. The lowest BCUT2D eigenvalue weighted by Crippen LogP contribution is -2.59. The highest BCUT2D eigenvalue weighted by molar-refractivity contribution is 8.00. The van der Waals surface area contributed by atoms with Crippen LogP contribution in [0, 0.1) is 5.92 Å². The van der Waals surface area contributed by atoms with Crippen LogP contribution in [0.25, 0.3) is 0 Å². The summed E-state index contributed by atoms with van der Waals surface area (Å²) in [7, 11) is 0. The van der Waals surface area contributed by atoms with Gasteiger partial charge in [0.1, 0.15) is 0 Å². The van der Waals surface area contributed by atoms with E-state index >= 15 is 0 Å². The van der Waals surface area contributed by atoms with Crippen LogP contribution in [0.2, 0.25) is 0 Å². The summed E-state index contributed by atoms with van der Waals surface area (Å²) in [5, 5.41) is 8.48. The Morgan fingerprint density at radius 3 is 3.14 bits per heavy atom. The molecule has 0 aromatic heterocycles. The minimum Gasteiger partial charge on any atom is -0.449 e. The standard InChI is InChI=1S/C8H9NO4S/c1-4-6(10)9-5(13-8(11)12)2-3-14-7(4)9/h2,4,7H,3H2,1H3,(H,11,12)/t4?,7-/m0/s1. The van der Waals surface area contributed by atoms with Crippen LogP contribution in [0.15, 0.2) is 12.0 Å². The number of nitrogens with zero attached hydrogens (tertiary/aromatic N) is 1. The summed E-state index contributed by atoms with van der Waals surface area (Å²) in [6, 6.07) is 0. The summed E-state index contributed by atoms with van der Waals surface area (Å²) in [4.78, 5) is 23.1. The Balaban J connectivity index is 2.14. The molecule has 0 saturated carbocycles. The van der Waals surface area contributed by atoms with Gasteiger partial charge in [-0.05, 0) is 6.08 Å². The predicted octanol–water partition coefficient (Wildman–Crippen LogP) is 1.07. The number of carboxylic acid groups (broad SMARTS) is 1. The molecular weight excluding hydrogens is 206 g/mol. The third-order valence-corrected chi connectivity index (χ3v) is 3.58. The first kappa shape index (κ1) is 9.39. The molecule has 0 radical (unpaired) electrons. The van der Waals surface area contributed by atoms with Crippen LogP contribution < -0.4 is 0 Å². The summed E-state index contributed by atoms with van der Waals surface area (Å²) in [5.74, 6) is 0.724. The fourth-order valence-corrected chi connectivity index (χ4v) is 2.76. The Labute approximate surface area is 84.7 Å². The zero-order valence-electron chi connectivity index (χ0n) is 7.47. The Kier molecular flexibility index (Phi) is 2.14. The molecule has 1 unspecified atom stereocenters. The molecule has 6 heteroatoms. The average Bonchev–Trinajstić information content (AvgIpc) is 2.15. The van der Waals surface area contributed by atoms with Crippen LogP contribution in [0.3, 0.4) is 0 Å². The molecule has 2 rings (SSSR count). The Morgan fingerprint density at radius 2 is 2.50 bits per heavy atom. The minimum atomic E-state index is -1.38. The van der Waals surface area contributed by atoms with Crippen molar-refractivity contribution in [2.75, 3.05) is 5.75 Å². The van der Waals surface area contributed by atoms with Gasteiger partial charge in [0, 0.05) is 5.75 Å². The Bertz CT molecular complexity index is 327. The number of carbonyl (C=O) groups excluding carboxylic acids is 1. The summed E-state index contributed by atoms with van der Waals surface area (Å²) in [6.07, 6.45) is 0.230. The van der Waals surface area contributed by atoms with Crippen molar-refractivity contribution in [1.82, 2.24) is 4.90 Å². The van der Waals surface area contributed by atoms with Crippen LogP contribution in [-0.2, 0) is 9.53 Å². The second-order valence-electron chi connectivity index (χ2n) is 3.13. The largest absolute Gasteiger partial charge is 0.512 e. The van der Waals surface area contributed by atoms with Gasteiger partial charge in [0.15, 0.2) is 0 Å². The van der Waals surface area contributed by atoms with E-state index in [2.05, 4.69) is 4.74 Å². The van der Waals surface area contributed by atoms with Gasteiger partial charge in [0.25, 0.3) is 0 Å². The maximum atomic E-state index is 11.4. The number of amides is 1. The smallest absolute Gasteiger partial charge is 0.449 e. The summed E-state index contributed by atoms with van der Waals surface area (Å²) in [6.45, 7) is 1.83. The quantitative estimate of drug-likeness (QED) is 0.523. The molecule has 5 nitrogen and oxygen atoms in total. The topological polar surface area (TPSA) is 66.8 Å². The number of thioether (sulfide) groups is 1. The maximum Gasteiger partial charge on any atom is 0.512 e. The first-order valence-corrected chi connectivity index (χ1v) is 5.21. The van der Waals surface area contributed by atoms with Crippen molar-refractivity contribution in [1.29, 1.82) is 0 Å². The van der Waals surface area contributed by atoms with E-state index in [0.29, 0.717) is 5.75 Å². The van der Waals surface area contributed by atoms with E-state index < -0.39 is 6.16 Å². The average molecular weight is 215 g/mol. The van der Waals surface area contributed by atoms with E-state index in [9.17, 15) is 9.59 Å². The summed E-state index contributed by atoms with van der Waals surface area (Å²) in [5.41, 5.74) is 0. The molecule has 14 heavy (non-hydrogen) atoms. The molecule has 2 heterocycles. The number of carbonyl (C=O) groups is 2. The van der Waals surface area contributed by atoms with Crippen LogP contribution in [0.5, 0.6) is 0 Å². The SMILES string of the molecule is CC1C(=O)N2C(OC(=O)O)=CCS[C@@H]12. The maximum absolute atomic E-state index is 11.4. The third kappa shape index (κ3) is 1.26. The van der Waals surface area contributed by atoms with E-state index in [1.54, 1.807) is 17.8 Å². The van der Waals surface area contributed by atoms with Crippen molar-refractivity contribution in [2.24, 2.45) is 5.92 Å². The van der Waals surface area contributed by atoms with Crippen molar-refractivity contribution in [3.8, 4) is 0 Å². The fraction of sp³-hybridized carbons (Fsp3) is 0.500. The molecule has 0 aromatic rings. The highest BCUT2D eigenvalue weighted by atomic mass is 32.2. The van der Waals surface area contributed by atoms with Gasteiger partial charge in [-0.1, -0.05) is 6.92 Å². The zero-order chi connectivity index (χ0) is 10.3. The number of fused-ring (bicyclic) bond motifs is 1. The molecule has 0 bridgehead atoms. The lowest BCUT2D eigenvalue weighted by Gasteiger charge is -2.46. The zero-order valence-corrected chi connectivity index (χ0v) is 8.28. The van der Waals surface area contributed by atoms with Gasteiger partial charge in [-0.15, -0.1) is 11.8 Å². The molecule has 76 valence electrons. The van der Waals surface area contributed by atoms with E-state index in [1.165, 1.54) is 4.90 Å². The first-order valence-electron chi connectivity index (χ1n) is 4.17. The highest BCUT2D eigenvalue weighted by Gasteiger charge is 2.49. The molecule has 1 saturated heterocycles. The number of hydrogen-bond acceptors (Lipinski definition) is 4. The van der Waals surface area contributed by atoms with Crippen molar-refractivity contribution >= 4 is 23.8 Å². The highest BCUT2D eigenvalue weighted by Crippen LogP contribution is 2.41. The van der Waals surface area contributed by atoms with Gasteiger partial charge in [0.05, 0.1) is 11.3 Å². The van der Waals surface area contributed by atoms with Crippen LogP contribution in [0.1, 0.15) is 6.92 Å². The second-order valence-corrected chi connectivity index (χ2v) is 4.28. The van der Waals surface area contributed by atoms with Crippen molar-refractivity contribution < 1.29 is 19.4 Å². The van der Waals surface area contributed by atoms with Gasteiger partial charge in [0.2, 0.25) is 11.8 Å². The second kappa shape index (κ2) is 3.20. The lowest BCUT2D eigenvalue weighted by atomic mass is 10.0. The lowest BCUT2D eigenvalue weighted by molar-refractivity contribution is -0.149. The molecule has 1 amide bonds. The van der Waals surface area contributed by atoms with Gasteiger partial charge in [-0.25, -0.2) is 4.79 Å². The predicted molar refractivity (Wildman–Crippen MR) is 49.4 cm³/mol. The van der Waals surface area contributed by atoms with Crippen molar-refractivity contribution in [2.45, 2.75) is 12.3 Å². The third-order valence-electron chi connectivity index (χ3n) is 2.26. The van der Waals surface area contributed by atoms with E-state index in [1.807, 2.05) is 6.92 Å². The molecule has 1 fully saturated rings. The fourth-order valence-electron chi connectivity index (χ4n) is 1.56. The molecule has 0 aromatic carbocycles. The summed E-state index contributed by atoms with van der Waals surface area (Å²) >= 11 is 1.61. The van der Waals surface area contributed by atoms with Gasteiger partial charge in [-0.3, -0.25) is 9.69 Å². The Morgan fingerprint density at radius 1 is 1.79 bits per heavy atom. The number of rotatable bonds is 1. The monoisotopic (exact) mass is 215 g/mol. The molecule has 0 spiro atoms. The molecule has 2 atom stereocenters. The normalized spacial score (nSPS) is 30.2. The minimum absolute atomic E-state index is 0.0407. The Hall–Kier alpha value is -1.17. The van der Waals surface area contributed by atoms with Crippen LogP contribution >= 0.6 is 11.8 Å². The molecule has 2 aliphatic heterocycles. The molecule has 1 N–H and O–H groups in total. The van der Waals surface area contributed by atoms with Crippen LogP contribution in [0.4, 0.5) is 4.79 Å². The number of ether oxygens (including phenoxy) is 1. The van der Waals surface area contributed by atoms with E-state index in [0.717, 1.165) is 0 Å². The van der Waals surface area contributed by atoms with Crippen molar-refractivity contribution in [3.05, 3.63) is 12.0 Å². The van der Waals surface area contributed by atoms with Crippen LogP contribution in [-0.4, -0.2) is 33.2 Å². The first-order chi connectivity index (χ1) is 6.61. The van der Waals surface area contributed by atoms with E-state index in [-0.39, 0.29) is 23.1 Å². The molecule has 2 aliphatic rings. The van der Waals surface area contributed by atoms with E-state index in [4.69, 9.17) is 5.11 Å². The number of hydrogen-bond donors (Lipinski definition) is 1. The number of β-lactam (4-membered cyclic amide) rings is 1. The van der Waals surface area contributed by atoms with Crippen molar-refractivity contribution in [3.63, 3.8) is 0 Å².